The topological polar surface area (TPSA) is 189 Å². The van der Waals surface area contributed by atoms with Crippen molar-refractivity contribution in [2.45, 2.75) is 9.79 Å². The van der Waals surface area contributed by atoms with Gasteiger partial charge in [-0.3, -0.25) is 10.1 Å². The number of nitrogens with two attached hydrogens (primary N) is 3. The van der Waals surface area contributed by atoms with Crippen LogP contribution in [0.25, 0.3) is 0 Å². The maximum atomic E-state index is 11.1. The Labute approximate surface area is 102 Å². The van der Waals surface area contributed by atoms with E-state index >= 15 is 0 Å². The summed E-state index contributed by atoms with van der Waals surface area (Å²) in [7, 11) is -8.82. The monoisotopic (exact) mass is 296 g/mol. The quantitative estimate of drug-likeness (QED) is 0.342. The van der Waals surface area contributed by atoms with Crippen LogP contribution in [0.3, 0.4) is 0 Å². The summed E-state index contributed by atoms with van der Waals surface area (Å²) >= 11 is 0. The van der Waals surface area contributed by atoms with E-state index in [1.54, 1.807) is 0 Å². The number of anilines is 1. The van der Waals surface area contributed by atoms with Gasteiger partial charge in [-0.2, -0.15) is 0 Å². The summed E-state index contributed by atoms with van der Waals surface area (Å²) in [6.45, 7) is 0. The van der Waals surface area contributed by atoms with Crippen LogP contribution in [0.4, 0.5) is 11.4 Å². The maximum Gasteiger partial charge on any atom is 0.291 e. The van der Waals surface area contributed by atoms with Crippen molar-refractivity contribution in [3.63, 3.8) is 0 Å². The average molecular weight is 296 g/mol. The van der Waals surface area contributed by atoms with E-state index < -0.39 is 46.1 Å². The van der Waals surface area contributed by atoms with Gasteiger partial charge in [0.15, 0.2) is 4.90 Å². The highest BCUT2D eigenvalue weighted by atomic mass is 32.2. The summed E-state index contributed by atoms with van der Waals surface area (Å²) in [6.07, 6.45) is 0. The van der Waals surface area contributed by atoms with Crippen LogP contribution < -0.4 is 16.0 Å². The number of sulfonamides is 2. The van der Waals surface area contributed by atoms with E-state index in [2.05, 4.69) is 0 Å². The van der Waals surface area contributed by atoms with Crippen LogP contribution in [0.2, 0.25) is 0 Å². The highest BCUT2D eigenvalue weighted by molar-refractivity contribution is 7.90. The summed E-state index contributed by atoms with van der Waals surface area (Å²) in [5.41, 5.74) is 3.79. The largest absolute Gasteiger partial charge is 0.397 e. The summed E-state index contributed by atoms with van der Waals surface area (Å²) in [5, 5.41) is 20.2. The Hall–Kier alpha value is -1.76. The summed E-state index contributed by atoms with van der Waals surface area (Å²) in [5.74, 6) is 0. The molecule has 0 saturated carbocycles. The van der Waals surface area contributed by atoms with Crippen LogP contribution in [0, 0.1) is 10.1 Å². The van der Waals surface area contributed by atoms with Gasteiger partial charge in [-0.1, -0.05) is 0 Å². The minimum absolute atomic E-state index is 0.456. The third kappa shape index (κ3) is 2.73. The third-order valence-electron chi connectivity index (χ3n) is 1.90. The molecule has 0 amide bonds. The van der Waals surface area contributed by atoms with Crippen LogP contribution >= 0.6 is 0 Å². The second kappa shape index (κ2) is 4.16. The Morgan fingerprint density at radius 1 is 1.00 bits per heavy atom. The number of nitro benzene ring substituents is 1. The van der Waals surface area contributed by atoms with E-state index in [0.717, 1.165) is 0 Å². The first-order valence-electron chi connectivity index (χ1n) is 4.08. The molecule has 0 aromatic heterocycles. The lowest BCUT2D eigenvalue weighted by Gasteiger charge is -2.06. The van der Waals surface area contributed by atoms with Crippen molar-refractivity contribution in [2.75, 3.05) is 5.73 Å². The zero-order valence-corrected chi connectivity index (χ0v) is 10.2. The minimum atomic E-state index is -4.50. The molecule has 0 unspecified atom stereocenters. The average Bonchev–Trinajstić information content (AvgIpc) is 2.12. The van der Waals surface area contributed by atoms with Crippen LogP contribution in [0.15, 0.2) is 21.9 Å². The SMILES string of the molecule is Nc1cc([N+](=O)[O-])c(S(N)(=O)=O)cc1S(N)(=O)=O. The van der Waals surface area contributed by atoms with Crippen molar-refractivity contribution in [1.82, 2.24) is 0 Å². The number of rotatable bonds is 3. The van der Waals surface area contributed by atoms with Gasteiger partial charge in [0, 0.05) is 6.07 Å². The maximum absolute atomic E-state index is 11.1. The van der Waals surface area contributed by atoms with Crippen LogP contribution in [-0.2, 0) is 20.0 Å². The van der Waals surface area contributed by atoms with Crippen molar-refractivity contribution in [2.24, 2.45) is 10.3 Å². The summed E-state index contributed by atoms with van der Waals surface area (Å²) in [6, 6.07) is 1.03. The number of hydrogen-bond donors (Lipinski definition) is 3. The molecular formula is C6H8N4O6S2. The highest BCUT2D eigenvalue weighted by Gasteiger charge is 2.27. The molecule has 0 bridgehead atoms. The molecule has 12 heteroatoms. The van der Waals surface area contributed by atoms with Crippen LogP contribution in [-0.4, -0.2) is 21.8 Å². The molecule has 1 aromatic rings. The molecule has 1 rings (SSSR count). The smallest absolute Gasteiger partial charge is 0.291 e. The lowest BCUT2D eigenvalue weighted by atomic mass is 10.3. The van der Waals surface area contributed by atoms with E-state index in [-0.39, 0.29) is 0 Å². The van der Waals surface area contributed by atoms with E-state index in [1.165, 1.54) is 0 Å². The van der Waals surface area contributed by atoms with Gasteiger partial charge in [0.25, 0.3) is 5.69 Å². The van der Waals surface area contributed by atoms with Gasteiger partial charge in [-0.25, -0.2) is 27.1 Å². The molecular weight excluding hydrogens is 288 g/mol. The third-order valence-corrected chi connectivity index (χ3v) is 3.81. The Morgan fingerprint density at radius 3 is 1.78 bits per heavy atom. The van der Waals surface area contributed by atoms with E-state index in [1.807, 2.05) is 0 Å². The fourth-order valence-electron chi connectivity index (χ4n) is 1.18. The Kier molecular flexibility index (Phi) is 3.31. The fraction of sp³-hybridized carbons (Fsp3) is 0. The van der Waals surface area contributed by atoms with Crippen molar-refractivity contribution in [1.29, 1.82) is 0 Å². The first-order chi connectivity index (χ1) is 7.94. The molecule has 1 aromatic carbocycles. The molecule has 100 valence electrons. The molecule has 0 saturated heterocycles. The van der Waals surface area contributed by atoms with E-state index in [4.69, 9.17) is 16.0 Å². The van der Waals surface area contributed by atoms with Crippen LogP contribution in [0.1, 0.15) is 0 Å². The Morgan fingerprint density at radius 2 is 1.44 bits per heavy atom. The molecule has 0 spiro atoms. The van der Waals surface area contributed by atoms with Crippen molar-refractivity contribution in [3.05, 3.63) is 22.2 Å². The van der Waals surface area contributed by atoms with E-state index in [9.17, 15) is 26.9 Å². The zero-order valence-electron chi connectivity index (χ0n) is 8.60. The van der Waals surface area contributed by atoms with Crippen molar-refractivity contribution < 1.29 is 21.8 Å². The Bertz CT molecular complexity index is 723. The number of nitrogen functional groups attached to an aromatic ring is 1. The molecule has 6 N–H and O–H groups in total. The Balaban J connectivity index is 3.84. The fourth-order valence-corrected chi connectivity index (χ4v) is 2.63. The first kappa shape index (κ1) is 14.3. The van der Waals surface area contributed by atoms with E-state index in [0.29, 0.717) is 12.1 Å². The van der Waals surface area contributed by atoms with Gasteiger partial charge in [-0.05, 0) is 6.07 Å². The lowest BCUT2D eigenvalue weighted by Crippen LogP contribution is -2.19. The predicted molar refractivity (Wildman–Crippen MR) is 60.3 cm³/mol. The second-order valence-electron chi connectivity index (χ2n) is 3.20. The molecule has 10 nitrogen and oxygen atoms in total. The molecule has 0 heterocycles. The summed E-state index contributed by atoms with van der Waals surface area (Å²) < 4.78 is 44.5. The minimum Gasteiger partial charge on any atom is -0.397 e. The molecule has 0 radical (unpaired) electrons. The standard InChI is InChI=1S/C6H8N4O6S2/c7-3-1-4(10(11)12)6(18(9,15)16)2-5(3)17(8,13)14/h1-2H,7H2,(H2,8,13,14)(H2,9,15,16). The molecule has 0 aliphatic heterocycles. The van der Waals surface area contributed by atoms with Crippen molar-refractivity contribution in [3.8, 4) is 0 Å². The predicted octanol–water partition coefficient (Wildman–Crippen LogP) is -1.53. The molecule has 0 atom stereocenters. The highest BCUT2D eigenvalue weighted by Crippen LogP contribution is 2.30. The van der Waals surface area contributed by atoms with Gasteiger partial charge < -0.3 is 5.73 Å². The van der Waals surface area contributed by atoms with Crippen molar-refractivity contribution >= 4 is 31.4 Å². The normalized spacial score (nSPS) is 12.3. The van der Waals surface area contributed by atoms with Gasteiger partial charge in [-0.15, -0.1) is 0 Å². The van der Waals surface area contributed by atoms with Crippen LogP contribution in [0.5, 0.6) is 0 Å². The first-order valence-corrected chi connectivity index (χ1v) is 7.17. The lowest BCUT2D eigenvalue weighted by molar-refractivity contribution is -0.387. The number of nitrogens with zero attached hydrogens (tertiary/aromatic N) is 1. The molecule has 0 fully saturated rings. The molecule has 0 aliphatic rings. The van der Waals surface area contributed by atoms with Gasteiger partial charge in [0.2, 0.25) is 20.0 Å². The van der Waals surface area contributed by atoms with Gasteiger partial charge >= 0.3 is 0 Å². The second-order valence-corrected chi connectivity index (χ2v) is 6.26. The number of primary sulfonamides is 2. The van der Waals surface area contributed by atoms with Gasteiger partial charge in [0.1, 0.15) is 4.90 Å². The zero-order chi connectivity index (χ0) is 14.3. The summed E-state index contributed by atoms with van der Waals surface area (Å²) in [4.78, 5) is 7.84. The molecule has 18 heavy (non-hydrogen) atoms. The van der Waals surface area contributed by atoms with Gasteiger partial charge in [0.05, 0.1) is 10.6 Å². The number of nitro groups is 1. The molecule has 0 aliphatic carbocycles. The number of hydrogen-bond acceptors (Lipinski definition) is 7. The number of benzene rings is 1.